The fraction of sp³-hybridized carbons (Fsp3) is 0.429. The van der Waals surface area contributed by atoms with E-state index in [2.05, 4.69) is 25.3 Å². The van der Waals surface area contributed by atoms with E-state index in [0.717, 1.165) is 12.1 Å². The van der Waals surface area contributed by atoms with Crippen molar-refractivity contribution in [1.82, 2.24) is 20.0 Å². The Bertz CT molecular complexity index is 749. The largest absolute Gasteiger partial charge is 0.522 e. The van der Waals surface area contributed by atoms with Gasteiger partial charge >= 0.3 is 6.36 Å². The third-order valence-corrected chi connectivity index (χ3v) is 3.53. The van der Waals surface area contributed by atoms with E-state index < -0.39 is 18.9 Å². The predicted molar refractivity (Wildman–Crippen MR) is 78.2 cm³/mol. The molecule has 1 atom stereocenters. The number of amides is 1. The number of aromatic amines is 1. The van der Waals surface area contributed by atoms with E-state index >= 15 is 0 Å². The molecule has 2 aromatic rings. The fourth-order valence-corrected chi connectivity index (χ4v) is 2.40. The Labute approximate surface area is 140 Å². The van der Waals surface area contributed by atoms with Crippen molar-refractivity contribution in [2.24, 2.45) is 7.05 Å². The average Bonchev–Trinajstić information content (AvgIpc) is 3.23. The molecule has 25 heavy (non-hydrogen) atoms. The summed E-state index contributed by atoms with van der Waals surface area (Å²) in [4.78, 5) is 12.3. The maximum absolute atomic E-state index is 12.3. The molecule has 11 heteroatoms. The molecule has 1 saturated heterocycles. The number of rotatable bonds is 5. The van der Waals surface area contributed by atoms with Gasteiger partial charge in [-0.05, 0) is 18.9 Å². The fourth-order valence-electron chi connectivity index (χ4n) is 2.40. The van der Waals surface area contributed by atoms with E-state index in [9.17, 15) is 18.0 Å². The van der Waals surface area contributed by atoms with Gasteiger partial charge in [0.2, 0.25) is 0 Å². The van der Waals surface area contributed by atoms with Crippen LogP contribution in [0.2, 0.25) is 0 Å². The Kier molecular flexibility index (Phi) is 4.77. The number of H-pyrrole nitrogens is 1. The van der Waals surface area contributed by atoms with Gasteiger partial charge in [0.25, 0.3) is 5.91 Å². The molecular weight excluding hydrogens is 343 g/mol. The number of nitrogens with one attached hydrogen (secondary N) is 2. The molecule has 1 aliphatic heterocycles. The van der Waals surface area contributed by atoms with Crippen molar-refractivity contribution in [2.75, 3.05) is 11.9 Å². The monoisotopic (exact) mass is 358 g/mol. The molecular formula is C14H15F3N5O3. The van der Waals surface area contributed by atoms with Crippen LogP contribution in [0.4, 0.5) is 19.0 Å². The molecule has 2 aromatic heterocycles. The molecule has 0 bridgehead atoms. The molecule has 3 heterocycles. The number of aryl methyl sites for hydroxylation is 1. The molecule has 8 nitrogen and oxygen atoms in total. The van der Waals surface area contributed by atoms with Crippen molar-refractivity contribution >= 4 is 11.7 Å². The van der Waals surface area contributed by atoms with Crippen LogP contribution in [0, 0.1) is 6.42 Å². The Morgan fingerprint density at radius 3 is 3.00 bits per heavy atom. The zero-order valence-corrected chi connectivity index (χ0v) is 13.1. The molecule has 0 saturated carbocycles. The van der Waals surface area contributed by atoms with E-state index in [4.69, 9.17) is 4.74 Å². The Balaban J connectivity index is 1.64. The first-order chi connectivity index (χ1) is 11.8. The molecule has 1 amide bonds. The lowest BCUT2D eigenvalue weighted by molar-refractivity contribution is -0.330. The van der Waals surface area contributed by atoms with Gasteiger partial charge in [-0.1, -0.05) is 0 Å². The molecule has 0 aromatic carbocycles. The molecule has 0 aliphatic carbocycles. The van der Waals surface area contributed by atoms with E-state index in [1.165, 1.54) is 17.8 Å². The molecule has 3 rings (SSSR count). The van der Waals surface area contributed by atoms with E-state index in [1.54, 1.807) is 6.07 Å². The molecule has 2 N–H and O–H groups in total. The van der Waals surface area contributed by atoms with Crippen LogP contribution in [0.15, 0.2) is 12.1 Å². The van der Waals surface area contributed by atoms with Crippen LogP contribution in [-0.4, -0.2) is 38.9 Å². The van der Waals surface area contributed by atoms with E-state index in [1.807, 2.05) is 6.42 Å². The quantitative estimate of drug-likeness (QED) is 0.854. The van der Waals surface area contributed by atoms with Crippen LogP contribution in [0.1, 0.15) is 34.4 Å². The lowest BCUT2D eigenvalue weighted by Crippen LogP contribution is -2.16. The maximum Gasteiger partial charge on any atom is 0.522 e. The van der Waals surface area contributed by atoms with E-state index in [-0.39, 0.29) is 23.3 Å². The molecule has 1 fully saturated rings. The van der Waals surface area contributed by atoms with Gasteiger partial charge < -0.3 is 10.1 Å². The summed E-state index contributed by atoms with van der Waals surface area (Å²) in [5.41, 5.74) is 0.798. The predicted octanol–water partition coefficient (Wildman–Crippen LogP) is 2.10. The molecule has 1 radical (unpaired) electrons. The molecule has 1 aliphatic rings. The Hall–Kier alpha value is -2.40. The van der Waals surface area contributed by atoms with Gasteiger partial charge in [0.05, 0.1) is 24.1 Å². The summed E-state index contributed by atoms with van der Waals surface area (Å²) < 4.78 is 46.5. The standard InChI is InChI=1S/C14H15F3N5O3/c1-22-10(5-8(21-22)7-25-14(15,16)17)13(23)18-12-6-9(19-20-12)11-3-2-4-24-11/h2,5-6,11H,3-4,7H2,1H3,(H2,18,19,20,23)/t11-/m1/s1. The van der Waals surface area contributed by atoms with Gasteiger partial charge in [-0.25, -0.2) is 0 Å². The van der Waals surface area contributed by atoms with Gasteiger partial charge in [-0.2, -0.15) is 10.2 Å². The first-order valence-electron chi connectivity index (χ1n) is 7.35. The number of anilines is 1. The summed E-state index contributed by atoms with van der Waals surface area (Å²) in [5, 5.41) is 13.1. The first-order valence-corrected chi connectivity index (χ1v) is 7.35. The number of nitrogens with zero attached hydrogens (tertiary/aromatic N) is 3. The second-order valence-electron chi connectivity index (χ2n) is 5.39. The number of ether oxygens (including phenoxy) is 2. The number of aromatic nitrogens is 4. The van der Waals surface area contributed by atoms with E-state index in [0.29, 0.717) is 6.61 Å². The van der Waals surface area contributed by atoms with Gasteiger partial charge in [0, 0.05) is 13.1 Å². The van der Waals surface area contributed by atoms with Gasteiger partial charge in [-0.3, -0.25) is 19.3 Å². The zero-order valence-electron chi connectivity index (χ0n) is 13.1. The van der Waals surface area contributed by atoms with Crippen LogP contribution < -0.4 is 5.32 Å². The summed E-state index contributed by atoms with van der Waals surface area (Å²) in [6.45, 7) is -0.212. The minimum Gasteiger partial charge on any atom is -0.372 e. The van der Waals surface area contributed by atoms with Gasteiger partial charge in [0.1, 0.15) is 12.3 Å². The summed E-state index contributed by atoms with van der Waals surface area (Å²) in [7, 11) is 1.45. The van der Waals surface area contributed by atoms with Crippen LogP contribution in [0.3, 0.4) is 0 Å². The summed E-state index contributed by atoms with van der Waals surface area (Å²) in [6.07, 6.45) is -2.14. The Morgan fingerprint density at radius 2 is 2.32 bits per heavy atom. The highest BCUT2D eigenvalue weighted by atomic mass is 19.4. The smallest absolute Gasteiger partial charge is 0.372 e. The molecule has 135 valence electrons. The van der Waals surface area contributed by atoms with Crippen molar-refractivity contribution in [2.45, 2.75) is 25.5 Å². The highest BCUT2D eigenvalue weighted by molar-refractivity contribution is 6.02. The van der Waals surface area contributed by atoms with Crippen molar-refractivity contribution < 1.29 is 27.4 Å². The highest BCUT2D eigenvalue weighted by Gasteiger charge is 2.29. The number of alkyl halides is 3. The van der Waals surface area contributed by atoms with Crippen LogP contribution in [-0.2, 0) is 23.1 Å². The molecule has 0 spiro atoms. The average molecular weight is 358 g/mol. The zero-order chi connectivity index (χ0) is 18.0. The van der Waals surface area contributed by atoms with Crippen LogP contribution >= 0.6 is 0 Å². The van der Waals surface area contributed by atoms with Crippen LogP contribution in [0.25, 0.3) is 0 Å². The normalized spacial score (nSPS) is 17.8. The van der Waals surface area contributed by atoms with Gasteiger partial charge in [-0.15, -0.1) is 13.2 Å². The summed E-state index contributed by atoms with van der Waals surface area (Å²) in [5.74, 6) is -0.269. The number of carbonyl (C=O) groups excluding carboxylic acids is 1. The summed E-state index contributed by atoms with van der Waals surface area (Å²) in [6, 6.07) is 2.87. The summed E-state index contributed by atoms with van der Waals surface area (Å²) >= 11 is 0. The number of halogens is 3. The third-order valence-electron chi connectivity index (χ3n) is 3.53. The highest BCUT2D eigenvalue weighted by Crippen LogP contribution is 2.27. The van der Waals surface area contributed by atoms with Gasteiger partial charge in [0.15, 0.2) is 5.82 Å². The van der Waals surface area contributed by atoms with Crippen molar-refractivity contribution in [3.63, 3.8) is 0 Å². The number of hydrogen-bond donors (Lipinski definition) is 2. The minimum absolute atomic E-state index is 0.0115. The topological polar surface area (TPSA) is 94.1 Å². The van der Waals surface area contributed by atoms with Crippen molar-refractivity contribution in [3.05, 3.63) is 35.6 Å². The molecule has 0 unspecified atom stereocenters. The SMILES string of the molecule is Cn1nc(COC(F)(F)F)cc1C(=O)Nc1cc([C@H]2C[CH]CO2)[nH]n1. The second-order valence-corrected chi connectivity index (χ2v) is 5.39. The second kappa shape index (κ2) is 6.84. The first kappa shape index (κ1) is 17.4. The third kappa shape index (κ3) is 4.37. The van der Waals surface area contributed by atoms with Crippen molar-refractivity contribution in [3.8, 4) is 0 Å². The minimum atomic E-state index is -4.76. The number of hydrogen-bond acceptors (Lipinski definition) is 5. The lowest BCUT2D eigenvalue weighted by Gasteiger charge is -2.04. The Morgan fingerprint density at radius 1 is 1.52 bits per heavy atom. The maximum atomic E-state index is 12.3. The lowest BCUT2D eigenvalue weighted by atomic mass is 10.2. The van der Waals surface area contributed by atoms with Crippen molar-refractivity contribution in [1.29, 1.82) is 0 Å². The van der Waals surface area contributed by atoms with Crippen LogP contribution in [0.5, 0.6) is 0 Å². The number of carbonyl (C=O) groups is 1.